The highest BCUT2D eigenvalue weighted by molar-refractivity contribution is 7.10. The molecule has 2 heterocycles. The van der Waals surface area contributed by atoms with E-state index in [1.165, 1.54) is 30.6 Å². The zero-order valence-electron chi connectivity index (χ0n) is 10.6. The van der Waals surface area contributed by atoms with Crippen molar-refractivity contribution in [1.82, 2.24) is 4.90 Å². The minimum Gasteiger partial charge on any atom is -0.393 e. The average molecular weight is 286 g/mol. The predicted octanol–water partition coefficient (Wildman–Crippen LogP) is 3.53. The Balaban J connectivity index is 1.69. The summed E-state index contributed by atoms with van der Waals surface area (Å²) in [4.78, 5) is 3.75. The van der Waals surface area contributed by atoms with Gasteiger partial charge in [0.05, 0.1) is 11.1 Å². The van der Waals surface area contributed by atoms with Gasteiger partial charge in [-0.25, -0.2) is 0 Å². The van der Waals surface area contributed by atoms with Gasteiger partial charge in [0.25, 0.3) is 0 Å². The van der Waals surface area contributed by atoms with Crippen LogP contribution in [0.2, 0.25) is 5.02 Å². The molecule has 3 rings (SSSR count). The summed E-state index contributed by atoms with van der Waals surface area (Å²) >= 11 is 7.91. The van der Waals surface area contributed by atoms with Crippen LogP contribution >= 0.6 is 22.9 Å². The highest BCUT2D eigenvalue weighted by Crippen LogP contribution is 2.45. The molecule has 2 nitrogen and oxygen atoms in total. The van der Waals surface area contributed by atoms with Crippen LogP contribution in [0.25, 0.3) is 0 Å². The molecule has 1 N–H and O–H groups in total. The summed E-state index contributed by atoms with van der Waals surface area (Å²) in [5.41, 5.74) is 0.183. The number of rotatable bonds is 2. The molecular formula is C14H20ClNOS. The quantitative estimate of drug-likeness (QED) is 0.899. The lowest BCUT2D eigenvalue weighted by Gasteiger charge is -2.42. The van der Waals surface area contributed by atoms with E-state index in [0.717, 1.165) is 31.1 Å². The van der Waals surface area contributed by atoms with Crippen LogP contribution in [0, 0.1) is 5.41 Å². The summed E-state index contributed by atoms with van der Waals surface area (Å²) in [7, 11) is 0. The Labute approximate surface area is 118 Å². The van der Waals surface area contributed by atoms with Crippen molar-refractivity contribution in [2.45, 2.75) is 44.8 Å². The maximum atomic E-state index is 10.3. The lowest BCUT2D eigenvalue weighted by Crippen LogP contribution is -2.46. The fourth-order valence-electron chi connectivity index (χ4n) is 3.63. The van der Waals surface area contributed by atoms with Gasteiger partial charge in [-0.05, 0) is 43.7 Å². The SMILES string of the molecule is O[C@@H]1CCC[C@@]12CCCN(Cc1sccc1Cl)C2. The molecule has 100 valence electrons. The predicted molar refractivity (Wildman–Crippen MR) is 76.1 cm³/mol. The van der Waals surface area contributed by atoms with Gasteiger partial charge in [-0.15, -0.1) is 11.3 Å². The number of likely N-dealkylation sites (tertiary alicyclic amines) is 1. The molecule has 1 aliphatic carbocycles. The van der Waals surface area contributed by atoms with E-state index >= 15 is 0 Å². The molecule has 0 radical (unpaired) electrons. The van der Waals surface area contributed by atoms with Gasteiger partial charge < -0.3 is 5.11 Å². The number of hydrogen-bond acceptors (Lipinski definition) is 3. The van der Waals surface area contributed by atoms with Crippen molar-refractivity contribution in [2.24, 2.45) is 5.41 Å². The van der Waals surface area contributed by atoms with Crippen molar-refractivity contribution in [3.05, 3.63) is 21.3 Å². The first-order chi connectivity index (χ1) is 8.70. The third-order valence-electron chi connectivity index (χ3n) is 4.60. The van der Waals surface area contributed by atoms with Crippen LogP contribution in [0.1, 0.15) is 37.0 Å². The number of aliphatic hydroxyl groups excluding tert-OH is 1. The van der Waals surface area contributed by atoms with Gasteiger partial charge in [0, 0.05) is 23.4 Å². The molecule has 2 aliphatic rings. The Hall–Kier alpha value is -0.0900. The van der Waals surface area contributed by atoms with E-state index in [4.69, 9.17) is 11.6 Å². The fraction of sp³-hybridized carbons (Fsp3) is 0.714. The number of hydrogen-bond donors (Lipinski definition) is 1. The molecule has 2 fully saturated rings. The molecule has 0 bridgehead atoms. The lowest BCUT2D eigenvalue weighted by molar-refractivity contribution is -0.0117. The van der Waals surface area contributed by atoms with Crippen LogP contribution in [0.4, 0.5) is 0 Å². The van der Waals surface area contributed by atoms with Crippen molar-refractivity contribution in [2.75, 3.05) is 13.1 Å². The Kier molecular flexibility index (Phi) is 3.68. The van der Waals surface area contributed by atoms with Crippen LogP contribution in [-0.2, 0) is 6.54 Å². The molecule has 1 aromatic heterocycles. The maximum Gasteiger partial charge on any atom is 0.0608 e. The van der Waals surface area contributed by atoms with E-state index in [1.54, 1.807) is 11.3 Å². The first kappa shape index (κ1) is 12.9. The molecule has 0 unspecified atom stereocenters. The summed E-state index contributed by atoms with van der Waals surface area (Å²) < 4.78 is 0. The molecule has 1 aromatic rings. The third kappa shape index (κ3) is 2.34. The summed E-state index contributed by atoms with van der Waals surface area (Å²) in [6.45, 7) is 3.13. The lowest BCUT2D eigenvalue weighted by atomic mass is 9.77. The van der Waals surface area contributed by atoms with Crippen molar-refractivity contribution < 1.29 is 5.11 Å². The van der Waals surface area contributed by atoms with E-state index < -0.39 is 0 Å². The van der Waals surface area contributed by atoms with Crippen molar-refractivity contribution >= 4 is 22.9 Å². The number of aliphatic hydroxyl groups is 1. The summed E-state index contributed by atoms with van der Waals surface area (Å²) in [5.74, 6) is 0. The van der Waals surface area contributed by atoms with Gasteiger partial charge in [0.15, 0.2) is 0 Å². The largest absolute Gasteiger partial charge is 0.393 e. The Morgan fingerprint density at radius 1 is 1.44 bits per heavy atom. The molecular weight excluding hydrogens is 266 g/mol. The van der Waals surface area contributed by atoms with Gasteiger partial charge in [-0.1, -0.05) is 18.0 Å². The molecule has 18 heavy (non-hydrogen) atoms. The highest BCUT2D eigenvalue weighted by atomic mass is 35.5. The van der Waals surface area contributed by atoms with Gasteiger partial charge in [-0.2, -0.15) is 0 Å². The van der Waals surface area contributed by atoms with Gasteiger partial charge in [0.1, 0.15) is 0 Å². The molecule has 0 amide bonds. The first-order valence-electron chi connectivity index (χ1n) is 6.82. The normalized spacial score (nSPS) is 33.3. The van der Waals surface area contributed by atoms with E-state index in [-0.39, 0.29) is 11.5 Å². The molecule has 0 aromatic carbocycles. The Morgan fingerprint density at radius 2 is 2.28 bits per heavy atom. The molecule has 1 aliphatic heterocycles. The van der Waals surface area contributed by atoms with Gasteiger partial charge in [0.2, 0.25) is 0 Å². The van der Waals surface area contributed by atoms with Crippen molar-refractivity contribution in [3.8, 4) is 0 Å². The number of thiophene rings is 1. The summed E-state index contributed by atoms with van der Waals surface area (Å²) in [5, 5.41) is 13.2. The van der Waals surface area contributed by atoms with Gasteiger partial charge in [-0.3, -0.25) is 4.90 Å². The van der Waals surface area contributed by atoms with E-state index in [9.17, 15) is 5.11 Å². The number of nitrogens with zero attached hydrogens (tertiary/aromatic N) is 1. The smallest absolute Gasteiger partial charge is 0.0608 e. The minimum atomic E-state index is -0.0842. The van der Waals surface area contributed by atoms with Crippen molar-refractivity contribution in [1.29, 1.82) is 0 Å². The molecule has 1 spiro atoms. The average Bonchev–Trinajstić information content (AvgIpc) is 2.89. The van der Waals surface area contributed by atoms with Crippen LogP contribution in [0.3, 0.4) is 0 Å². The van der Waals surface area contributed by atoms with Crippen LogP contribution in [0.5, 0.6) is 0 Å². The van der Waals surface area contributed by atoms with Crippen LogP contribution in [-0.4, -0.2) is 29.2 Å². The van der Waals surface area contributed by atoms with Crippen molar-refractivity contribution in [3.63, 3.8) is 0 Å². The number of halogens is 1. The van der Waals surface area contributed by atoms with Crippen LogP contribution in [0.15, 0.2) is 11.4 Å². The second kappa shape index (κ2) is 5.12. The monoisotopic (exact) mass is 285 g/mol. The Bertz CT molecular complexity index is 422. The Morgan fingerprint density at radius 3 is 2.94 bits per heavy atom. The summed E-state index contributed by atoms with van der Waals surface area (Å²) in [6, 6.07) is 1.98. The topological polar surface area (TPSA) is 23.5 Å². The highest BCUT2D eigenvalue weighted by Gasteiger charge is 2.44. The zero-order valence-corrected chi connectivity index (χ0v) is 12.1. The second-order valence-electron chi connectivity index (χ2n) is 5.78. The molecule has 4 heteroatoms. The molecule has 1 saturated heterocycles. The van der Waals surface area contributed by atoms with E-state index in [2.05, 4.69) is 10.3 Å². The van der Waals surface area contributed by atoms with E-state index in [0.29, 0.717) is 0 Å². The third-order valence-corrected chi connectivity index (χ3v) is 5.98. The molecule has 2 atom stereocenters. The van der Waals surface area contributed by atoms with E-state index in [1.807, 2.05) is 6.07 Å². The fourth-order valence-corrected chi connectivity index (χ4v) is 4.77. The second-order valence-corrected chi connectivity index (χ2v) is 7.18. The standard InChI is InChI=1S/C14H20ClNOS/c15-11-4-8-18-12(11)9-16-7-2-6-14(10-16)5-1-3-13(14)17/h4,8,13,17H,1-3,5-7,9-10H2/t13-,14+/m1/s1. The zero-order chi connectivity index (χ0) is 12.6. The molecule has 1 saturated carbocycles. The number of piperidine rings is 1. The minimum absolute atomic E-state index is 0.0842. The first-order valence-corrected chi connectivity index (χ1v) is 8.08. The van der Waals surface area contributed by atoms with Gasteiger partial charge >= 0.3 is 0 Å². The maximum absolute atomic E-state index is 10.3. The summed E-state index contributed by atoms with van der Waals surface area (Å²) in [6.07, 6.45) is 5.70. The van der Waals surface area contributed by atoms with Crippen LogP contribution < -0.4 is 0 Å².